The van der Waals surface area contributed by atoms with E-state index in [4.69, 9.17) is 10.3 Å². The topological polar surface area (TPSA) is 64.9 Å². The van der Waals surface area contributed by atoms with Crippen LogP contribution in [0.5, 0.6) is 0 Å². The quantitative estimate of drug-likeness (QED) is 0.818. The molecule has 0 spiro atoms. The fourth-order valence-electron chi connectivity index (χ4n) is 2.69. The van der Waals surface area contributed by atoms with Gasteiger partial charge in [-0.1, -0.05) is 30.8 Å². The molecule has 1 aromatic heterocycles. The zero-order chi connectivity index (χ0) is 11.7. The number of aromatic nitrogens is 2. The highest BCUT2D eigenvalue weighted by molar-refractivity contribution is 5.05. The third-order valence-corrected chi connectivity index (χ3v) is 4.07. The molecule has 4 heteroatoms. The molecule has 2 N–H and O–H groups in total. The van der Waals surface area contributed by atoms with E-state index in [0.717, 1.165) is 36.9 Å². The first kappa shape index (κ1) is 11.2. The van der Waals surface area contributed by atoms with Crippen molar-refractivity contribution in [3.05, 3.63) is 11.7 Å². The molecule has 0 aliphatic heterocycles. The van der Waals surface area contributed by atoms with Gasteiger partial charge in [-0.25, -0.2) is 0 Å². The first-order valence-electron chi connectivity index (χ1n) is 6.88. The fourth-order valence-corrected chi connectivity index (χ4v) is 2.69. The summed E-state index contributed by atoms with van der Waals surface area (Å²) in [4.78, 5) is 4.52. The van der Waals surface area contributed by atoms with Crippen molar-refractivity contribution in [2.45, 2.75) is 63.3 Å². The van der Waals surface area contributed by atoms with Gasteiger partial charge in [0.25, 0.3) is 0 Å². The van der Waals surface area contributed by atoms with Gasteiger partial charge >= 0.3 is 0 Å². The minimum Gasteiger partial charge on any atom is -0.339 e. The van der Waals surface area contributed by atoms with E-state index in [1.54, 1.807) is 0 Å². The van der Waals surface area contributed by atoms with Crippen molar-refractivity contribution in [2.75, 3.05) is 0 Å². The Morgan fingerprint density at radius 2 is 1.88 bits per heavy atom. The van der Waals surface area contributed by atoms with Gasteiger partial charge in [0, 0.05) is 6.42 Å². The first-order chi connectivity index (χ1) is 8.26. The second-order valence-corrected chi connectivity index (χ2v) is 5.73. The highest BCUT2D eigenvalue weighted by Gasteiger charge is 2.34. The van der Waals surface area contributed by atoms with Crippen LogP contribution >= 0.6 is 0 Å². The van der Waals surface area contributed by atoms with E-state index in [0.29, 0.717) is 0 Å². The molecule has 2 saturated carbocycles. The minimum absolute atomic E-state index is 0.332. The molecule has 0 unspecified atom stereocenters. The molecule has 0 bridgehead atoms. The van der Waals surface area contributed by atoms with Crippen LogP contribution in [-0.2, 0) is 12.0 Å². The molecular formula is C13H21N3O. The summed E-state index contributed by atoms with van der Waals surface area (Å²) in [7, 11) is 0. The molecule has 0 atom stereocenters. The number of hydrogen-bond acceptors (Lipinski definition) is 4. The van der Waals surface area contributed by atoms with Crippen LogP contribution in [0.15, 0.2) is 4.52 Å². The number of nitrogens with zero attached hydrogens (tertiary/aromatic N) is 2. The zero-order valence-electron chi connectivity index (χ0n) is 10.3. The van der Waals surface area contributed by atoms with Crippen molar-refractivity contribution < 1.29 is 4.52 Å². The molecule has 0 amide bonds. The van der Waals surface area contributed by atoms with Crippen molar-refractivity contribution in [3.8, 4) is 0 Å². The summed E-state index contributed by atoms with van der Waals surface area (Å²) in [5, 5.41) is 4.12. The minimum atomic E-state index is -0.332. The van der Waals surface area contributed by atoms with Gasteiger partial charge in [-0.05, 0) is 31.6 Å². The monoisotopic (exact) mass is 235 g/mol. The Hall–Kier alpha value is -0.900. The maximum absolute atomic E-state index is 6.46. The molecule has 3 rings (SSSR count). The summed E-state index contributed by atoms with van der Waals surface area (Å²) < 4.78 is 5.33. The lowest BCUT2D eigenvalue weighted by Crippen LogP contribution is -2.37. The van der Waals surface area contributed by atoms with Gasteiger partial charge in [0.2, 0.25) is 5.89 Å². The summed E-state index contributed by atoms with van der Waals surface area (Å²) in [5.41, 5.74) is 6.12. The molecule has 0 aromatic carbocycles. The molecule has 0 radical (unpaired) electrons. The van der Waals surface area contributed by atoms with Crippen LogP contribution in [0.25, 0.3) is 0 Å². The van der Waals surface area contributed by atoms with Crippen molar-refractivity contribution in [1.29, 1.82) is 0 Å². The standard InChI is InChI=1S/C13H21N3O/c14-13(7-3-1-2-4-8-13)12-15-11(17-16-12)9-10-5-6-10/h10H,1-9,14H2. The molecule has 0 saturated heterocycles. The Morgan fingerprint density at radius 1 is 1.18 bits per heavy atom. The van der Waals surface area contributed by atoms with E-state index in [1.807, 2.05) is 0 Å². The van der Waals surface area contributed by atoms with E-state index in [9.17, 15) is 0 Å². The first-order valence-corrected chi connectivity index (χ1v) is 6.88. The lowest BCUT2D eigenvalue weighted by molar-refractivity contribution is 0.323. The Labute approximate surface area is 102 Å². The third kappa shape index (κ3) is 2.51. The second kappa shape index (κ2) is 4.41. The smallest absolute Gasteiger partial charge is 0.226 e. The molecule has 94 valence electrons. The lowest BCUT2D eigenvalue weighted by Gasteiger charge is -2.23. The Morgan fingerprint density at radius 3 is 2.53 bits per heavy atom. The van der Waals surface area contributed by atoms with Crippen LogP contribution in [0.2, 0.25) is 0 Å². The molecule has 1 heterocycles. The Kier molecular flexibility index (Phi) is 2.90. The van der Waals surface area contributed by atoms with Crippen LogP contribution < -0.4 is 5.73 Å². The average molecular weight is 235 g/mol. The van der Waals surface area contributed by atoms with E-state index >= 15 is 0 Å². The van der Waals surface area contributed by atoms with Gasteiger partial charge < -0.3 is 10.3 Å². The summed E-state index contributed by atoms with van der Waals surface area (Å²) >= 11 is 0. The number of rotatable bonds is 3. The van der Waals surface area contributed by atoms with Crippen molar-refractivity contribution in [2.24, 2.45) is 11.7 Å². The van der Waals surface area contributed by atoms with Crippen LogP contribution in [0.4, 0.5) is 0 Å². The SMILES string of the molecule is NC1(c2noc(CC3CC3)n2)CCCCCC1. The predicted octanol–water partition coefficient (Wildman–Crippen LogP) is 2.53. The molecule has 17 heavy (non-hydrogen) atoms. The molecular weight excluding hydrogens is 214 g/mol. The van der Waals surface area contributed by atoms with Gasteiger partial charge in [-0.3, -0.25) is 0 Å². The summed E-state index contributed by atoms with van der Waals surface area (Å²) in [6.07, 6.45) is 10.5. The number of hydrogen-bond donors (Lipinski definition) is 1. The molecule has 2 fully saturated rings. The maximum Gasteiger partial charge on any atom is 0.226 e. The third-order valence-electron chi connectivity index (χ3n) is 4.07. The van der Waals surface area contributed by atoms with Gasteiger partial charge in [-0.2, -0.15) is 4.98 Å². The second-order valence-electron chi connectivity index (χ2n) is 5.73. The lowest BCUT2D eigenvalue weighted by atomic mass is 9.91. The van der Waals surface area contributed by atoms with Crippen molar-refractivity contribution in [3.63, 3.8) is 0 Å². The Balaban J connectivity index is 1.73. The predicted molar refractivity (Wildman–Crippen MR) is 64.3 cm³/mol. The molecule has 2 aliphatic rings. The van der Waals surface area contributed by atoms with Gasteiger partial charge in [0.1, 0.15) is 0 Å². The van der Waals surface area contributed by atoms with Crippen molar-refractivity contribution in [1.82, 2.24) is 10.1 Å². The van der Waals surface area contributed by atoms with Gasteiger partial charge in [0.15, 0.2) is 5.82 Å². The van der Waals surface area contributed by atoms with E-state index in [-0.39, 0.29) is 5.54 Å². The molecule has 2 aliphatic carbocycles. The maximum atomic E-state index is 6.46. The van der Waals surface area contributed by atoms with Gasteiger partial charge in [0.05, 0.1) is 5.54 Å². The zero-order valence-corrected chi connectivity index (χ0v) is 10.3. The van der Waals surface area contributed by atoms with E-state index < -0.39 is 0 Å². The van der Waals surface area contributed by atoms with E-state index in [2.05, 4.69) is 10.1 Å². The van der Waals surface area contributed by atoms with Crippen LogP contribution in [-0.4, -0.2) is 10.1 Å². The molecule has 4 nitrogen and oxygen atoms in total. The van der Waals surface area contributed by atoms with Crippen LogP contribution in [0.3, 0.4) is 0 Å². The highest BCUT2D eigenvalue weighted by Crippen LogP contribution is 2.34. The normalized spacial score (nSPS) is 24.5. The van der Waals surface area contributed by atoms with Crippen LogP contribution in [0, 0.1) is 5.92 Å². The highest BCUT2D eigenvalue weighted by atomic mass is 16.5. The van der Waals surface area contributed by atoms with Crippen LogP contribution in [0.1, 0.15) is 63.1 Å². The average Bonchev–Trinajstić information content (AvgIpc) is 3.03. The largest absolute Gasteiger partial charge is 0.339 e. The molecule has 1 aromatic rings. The number of nitrogens with two attached hydrogens (primary N) is 1. The van der Waals surface area contributed by atoms with Gasteiger partial charge in [-0.15, -0.1) is 0 Å². The van der Waals surface area contributed by atoms with E-state index in [1.165, 1.54) is 38.5 Å². The Bertz CT molecular complexity index is 376. The fraction of sp³-hybridized carbons (Fsp3) is 0.846. The summed E-state index contributed by atoms with van der Waals surface area (Å²) in [5.74, 6) is 2.32. The van der Waals surface area contributed by atoms with Crippen molar-refractivity contribution >= 4 is 0 Å². The summed E-state index contributed by atoms with van der Waals surface area (Å²) in [6, 6.07) is 0. The summed E-state index contributed by atoms with van der Waals surface area (Å²) in [6.45, 7) is 0.